The zero-order valence-corrected chi connectivity index (χ0v) is 9.43. The van der Waals surface area contributed by atoms with Crippen molar-refractivity contribution in [3.05, 3.63) is 0 Å². The van der Waals surface area contributed by atoms with Crippen LogP contribution in [0, 0.1) is 11.3 Å². The first kappa shape index (κ1) is 11.4. The molecule has 0 aliphatic heterocycles. The van der Waals surface area contributed by atoms with Crippen molar-refractivity contribution in [2.75, 3.05) is 0 Å². The molecule has 1 aliphatic carbocycles. The largest absolute Gasteiger partial charge is 0.299 e. The van der Waals surface area contributed by atoms with E-state index in [1.165, 1.54) is 0 Å². The fourth-order valence-electron chi connectivity index (χ4n) is 2.16. The van der Waals surface area contributed by atoms with E-state index in [4.69, 9.17) is 0 Å². The molecule has 14 heavy (non-hydrogen) atoms. The van der Waals surface area contributed by atoms with Gasteiger partial charge in [0.1, 0.15) is 11.6 Å². The molecule has 0 aromatic heterocycles. The van der Waals surface area contributed by atoms with Gasteiger partial charge in [0.05, 0.1) is 5.92 Å². The highest BCUT2D eigenvalue weighted by molar-refractivity contribution is 6.05. The van der Waals surface area contributed by atoms with Gasteiger partial charge in [-0.1, -0.05) is 33.6 Å². The van der Waals surface area contributed by atoms with Gasteiger partial charge in [-0.05, 0) is 11.8 Å². The predicted octanol–water partition coefficient (Wildman–Crippen LogP) is 2.75. The molecule has 1 aliphatic rings. The van der Waals surface area contributed by atoms with Crippen molar-refractivity contribution in [3.8, 4) is 0 Å². The number of hydrogen-bond acceptors (Lipinski definition) is 2. The summed E-state index contributed by atoms with van der Waals surface area (Å²) in [5, 5.41) is 0. The van der Waals surface area contributed by atoms with Gasteiger partial charge in [-0.2, -0.15) is 0 Å². The Morgan fingerprint density at radius 3 is 2.14 bits per heavy atom. The van der Waals surface area contributed by atoms with Crippen molar-refractivity contribution in [3.63, 3.8) is 0 Å². The van der Waals surface area contributed by atoms with Gasteiger partial charge in [0, 0.05) is 12.8 Å². The molecule has 0 atom stereocenters. The lowest BCUT2D eigenvalue weighted by Gasteiger charge is -2.31. The third-order valence-electron chi connectivity index (χ3n) is 2.93. The van der Waals surface area contributed by atoms with Gasteiger partial charge in [-0.25, -0.2) is 0 Å². The summed E-state index contributed by atoms with van der Waals surface area (Å²) >= 11 is 0. The lowest BCUT2D eigenvalue weighted by molar-refractivity contribution is -0.139. The zero-order chi connectivity index (χ0) is 10.8. The molecule has 0 bridgehead atoms. The Morgan fingerprint density at radius 2 is 1.71 bits per heavy atom. The molecular formula is C12H20O2. The maximum atomic E-state index is 11.7. The van der Waals surface area contributed by atoms with E-state index < -0.39 is 0 Å². The maximum Gasteiger partial charge on any atom is 0.143 e. The molecule has 2 nitrogen and oxygen atoms in total. The van der Waals surface area contributed by atoms with Crippen LogP contribution in [0.15, 0.2) is 0 Å². The highest BCUT2D eigenvalue weighted by Crippen LogP contribution is 2.35. The van der Waals surface area contributed by atoms with Crippen LogP contribution in [0.25, 0.3) is 0 Å². The monoisotopic (exact) mass is 196 g/mol. The summed E-state index contributed by atoms with van der Waals surface area (Å²) in [6, 6.07) is 0. The number of carbonyl (C=O) groups is 2. The Morgan fingerprint density at radius 1 is 1.21 bits per heavy atom. The van der Waals surface area contributed by atoms with Crippen LogP contribution in [-0.2, 0) is 9.59 Å². The predicted molar refractivity (Wildman–Crippen MR) is 56.0 cm³/mol. The highest BCUT2D eigenvalue weighted by atomic mass is 16.2. The fraction of sp³-hybridized carbons (Fsp3) is 0.833. The molecule has 1 fully saturated rings. The molecule has 0 unspecified atom stereocenters. The molecule has 0 spiro atoms. The van der Waals surface area contributed by atoms with Crippen LogP contribution in [-0.4, -0.2) is 11.6 Å². The average molecular weight is 196 g/mol. The van der Waals surface area contributed by atoms with Crippen molar-refractivity contribution in [2.45, 2.75) is 52.9 Å². The van der Waals surface area contributed by atoms with E-state index in [9.17, 15) is 9.59 Å². The van der Waals surface area contributed by atoms with Gasteiger partial charge in [0.15, 0.2) is 0 Å². The van der Waals surface area contributed by atoms with Gasteiger partial charge in [-0.15, -0.1) is 0 Å². The summed E-state index contributed by atoms with van der Waals surface area (Å²) in [6.45, 7) is 6.08. The van der Waals surface area contributed by atoms with E-state index >= 15 is 0 Å². The SMILES string of the molecule is CCCCC1C(=O)CC(C)(C)CC1=O. The highest BCUT2D eigenvalue weighted by Gasteiger charge is 2.38. The topological polar surface area (TPSA) is 34.1 Å². The Labute approximate surface area is 86.1 Å². The number of unbranched alkanes of at least 4 members (excludes halogenated alkanes) is 1. The molecule has 0 heterocycles. The number of ketones is 2. The molecular weight excluding hydrogens is 176 g/mol. The Bertz CT molecular complexity index is 221. The molecule has 80 valence electrons. The minimum atomic E-state index is -0.275. The molecule has 0 saturated heterocycles. The number of Topliss-reactive ketones (excluding diaryl/α,β-unsaturated/α-hetero) is 2. The van der Waals surface area contributed by atoms with Gasteiger partial charge < -0.3 is 0 Å². The van der Waals surface area contributed by atoms with Crippen molar-refractivity contribution < 1.29 is 9.59 Å². The van der Waals surface area contributed by atoms with E-state index in [0.717, 1.165) is 19.3 Å². The summed E-state index contributed by atoms with van der Waals surface area (Å²) in [4.78, 5) is 23.4. The molecule has 1 saturated carbocycles. The standard InChI is InChI=1S/C12H20O2/c1-4-5-6-9-10(13)7-12(2,3)8-11(9)14/h9H,4-8H2,1-3H3. The first-order valence-corrected chi connectivity index (χ1v) is 5.52. The third-order valence-corrected chi connectivity index (χ3v) is 2.93. The second-order valence-corrected chi connectivity index (χ2v) is 5.15. The van der Waals surface area contributed by atoms with E-state index in [2.05, 4.69) is 6.92 Å². The molecule has 2 heteroatoms. The van der Waals surface area contributed by atoms with Gasteiger partial charge >= 0.3 is 0 Å². The van der Waals surface area contributed by atoms with Crippen molar-refractivity contribution in [1.82, 2.24) is 0 Å². The molecule has 0 N–H and O–H groups in total. The quantitative estimate of drug-likeness (QED) is 0.650. The van der Waals surface area contributed by atoms with Gasteiger partial charge in [0.2, 0.25) is 0 Å². The molecule has 0 radical (unpaired) electrons. The maximum absolute atomic E-state index is 11.7. The third kappa shape index (κ3) is 2.66. The lowest BCUT2D eigenvalue weighted by atomic mass is 9.70. The molecule has 0 aromatic rings. The van der Waals surface area contributed by atoms with Crippen LogP contribution in [0.4, 0.5) is 0 Å². The van der Waals surface area contributed by atoms with Crippen LogP contribution in [0.5, 0.6) is 0 Å². The minimum Gasteiger partial charge on any atom is -0.299 e. The van der Waals surface area contributed by atoms with Crippen LogP contribution in [0.1, 0.15) is 52.9 Å². The summed E-state index contributed by atoms with van der Waals surface area (Å²) in [7, 11) is 0. The Hall–Kier alpha value is -0.660. The van der Waals surface area contributed by atoms with E-state index in [1.54, 1.807) is 0 Å². The first-order chi connectivity index (χ1) is 6.46. The summed E-state index contributed by atoms with van der Waals surface area (Å²) in [6.07, 6.45) is 3.97. The summed E-state index contributed by atoms with van der Waals surface area (Å²) in [5.41, 5.74) is -0.100. The second-order valence-electron chi connectivity index (χ2n) is 5.15. The molecule has 1 rings (SSSR count). The average Bonchev–Trinajstić information content (AvgIpc) is 2.00. The minimum absolute atomic E-state index is 0.100. The van der Waals surface area contributed by atoms with Crippen LogP contribution >= 0.6 is 0 Å². The van der Waals surface area contributed by atoms with Gasteiger partial charge in [0.25, 0.3) is 0 Å². The number of carbonyl (C=O) groups excluding carboxylic acids is 2. The van der Waals surface area contributed by atoms with Crippen LogP contribution < -0.4 is 0 Å². The van der Waals surface area contributed by atoms with Crippen molar-refractivity contribution in [2.24, 2.45) is 11.3 Å². The van der Waals surface area contributed by atoms with Crippen LogP contribution in [0.2, 0.25) is 0 Å². The normalized spacial score (nSPS) is 22.8. The second kappa shape index (κ2) is 4.24. The molecule has 0 amide bonds. The van der Waals surface area contributed by atoms with Crippen LogP contribution in [0.3, 0.4) is 0 Å². The summed E-state index contributed by atoms with van der Waals surface area (Å²) in [5.74, 6) is 0.0578. The fourth-order valence-corrected chi connectivity index (χ4v) is 2.16. The Kier molecular flexibility index (Phi) is 3.46. The number of hydrogen-bond donors (Lipinski definition) is 0. The molecule has 0 aromatic carbocycles. The van der Waals surface area contributed by atoms with Crippen molar-refractivity contribution in [1.29, 1.82) is 0 Å². The zero-order valence-electron chi connectivity index (χ0n) is 9.43. The van der Waals surface area contributed by atoms with Gasteiger partial charge in [-0.3, -0.25) is 9.59 Å². The van der Waals surface area contributed by atoms with E-state index in [0.29, 0.717) is 12.8 Å². The van der Waals surface area contributed by atoms with E-state index in [1.807, 2.05) is 13.8 Å². The summed E-state index contributed by atoms with van der Waals surface area (Å²) < 4.78 is 0. The Balaban J connectivity index is 2.62. The smallest absolute Gasteiger partial charge is 0.143 e. The van der Waals surface area contributed by atoms with E-state index in [-0.39, 0.29) is 22.9 Å². The lowest BCUT2D eigenvalue weighted by Crippen LogP contribution is -2.37. The number of rotatable bonds is 3. The first-order valence-electron chi connectivity index (χ1n) is 5.52. The van der Waals surface area contributed by atoms with Crippen molar-refractivity contribution >= 4 is 11.6 Å².